The molecule has 9 heteroatoms. The number of hydrogen-bond acceptors (Lipinski definition) is 6. The van der Waals surface area contributed by atoms with Crippen molar-refractivity contribution in [3.05, 3.63) is 66.5 Å². The maximum absolute atomic E-state index is 12.6. The summed E-state index contributed by atoms with van der Waals surface area (Å²) in [7, 11) is -2.17. The number of aromatic nitrogens is 2. The number of imidazole rings is 1. The molecule has 7 nitrogen and oxygen atoms in total. The van der Waals surface area contributed by atoms with E-state index in [-0.39, 0.29) is 17.0 Å². The van der Waals surface area contributed by atoms with Crippen molar-refractivity contribution < 1.29 is 17.9 Å². The highest BCUT2D eigenvalue weighted by atomic mass is 32.2. The predicted octanol–water partition coefficient (Wildman–Crippen LogP) is 2.82. The van der Waals surface area contributed by atoms with Crippen LogP contribution in [0.3, 0.4) is 0 Å². The third kappa shape index (κ3) is 3.16. The zero-order chi connectivity index (χ0) is 19.7. The van der Waals surface area contributed by atoms with E-state index in [0.717, 1.165) is 15.7 Å². The van der Waals surface area contributed by atoms with Gasteiger partial charge in [0.1, 0.15) is 10.6 Å². The number of sulfonamides is 1. The number of hydrogen-bond donors (Lipinski definition) is 0. The van der Waals surface area contributed by atoms with Crippen LogP contribution in [0.15, 0.2) is 71.0 Å². The van der Waals surface area contributed by atoms with E-state index in [0.29, 0.717) is 10.9 Å². The van der Waals surface area contributed by atoms with Crippen molar-refractivity contribution in [1.82, 2.24) is 13.9 Å². The van der Waals surface area contributed by atoms with Gasteiger partial charge in [0.2, 0.25) is 0 Å². The molecular weight excluding hydrogens is 398 g/mol. The standard InChI is InChI=1S/C19H17N3O4S2/c1-26-15-8-6-14(7-9-15)21-11-10-20-19(21)27-13-12-22-18(23)16-4-2-3-5-17(16)28(22,24)25/h2-11H,12-13H2,1H3. The minimum absolute atomic E-state index is 0.0738. The maximum atomic E-state index is 12.6. The summed E-state index contributed by atoms with van der Waals surface area (Å²) < 4.78 is 33.2. The zero-order valence-corrected chi connectivity index (χ0v) is 16.6. The van der Waals surface area contributed by atoms with Crippen molar-refractivity contribution in [3.63, 3.8) is 0 Å². The van der Waals surface area contributed by atoms with Gasteiger partial charge in [0.15, 0.2) is 5.16 Å². The van der Waals surface area contributed by atoms with Crippen LogP contribution >= 0.6 is 11.8 Å². The van der Waals surface area contributed by atoms with E-state index in [2.05, 4.69) is 4.98 Å². The summed E-state index contributed by atoms with van der Waals surface area (Å²) in [4.78, 5) is 16.9. The Bertz CT molecular complexity index is 1120. The van der Waals surface area contributed by atoms with E-state index in [4.69, 9.17) is 4.74 Å². The van der Waals surface area contributed by atoms with Crippen molar-refractivity contribution in [1.29, 1.82) is 0 Å². The molecule has 4 rings (SSSR count). The molecule has 144 valence electrons. The van der Waals surface area contributed by atoms with Crippen LogP contribution in [-0.4, -0.2) is 47.6 Å². The van der Waals surface area contributed by atoms with Crippen LogP contribution in [0.25, 0.3) is 5.69 Å². The summed E-state index contributed by atoms with van der Waals surface area (Å²) in [6, 6.07) is 13.8. The number of methoxy groups -OCH3 is 1. The van der Waals surface area contributed by atoms with Gasteiger partial charge >= 0.3 is 0 Å². The lowest BCUT2D eigenvalue weighted by atomic mass is 10.2. The number of nitrogens with zero attached hydrogens (tertiary/aromatic N) is 3. The van der Waals surface area contributed by atoms with Crippen molar-refractivity contribution in [2.45, 2.75) is 10.1 Å². The Kier molecular flexibility index (Phi) is 4.86. The predicted molar refractivity (Wildman–Crippen MR) is 106 cm³/mol. The molecule has 1 amide bonds. The maximum Gasteiger partial charge on any atom is 0.269 e. The number of rotatable bonds is 6. The largest absolute Gasteiger partial charge is 0.497 e. The minimum Gasteiger partial charge on any atom is -0.497 e. The van der Waals surface area contributed by atoms with Crippen LogP contribution < -0.4 is 4.74 Å². The quantitative estimate of drug-likeness (QED) is 0.576. The van der Waals surface area contributed by atoms with Crippen LogP contribution in [0.2, 0.25) is 0 Å². The highest BCUT2D eigenvalue weighted by molar-refractivity contribution is 7.99. The fourth-order valence-electron chi connectivity index (χ4n) is 3.01. The number of carbonyl (C=O) groups excluding carboxylic acids is 1. The molecule has 0 saturated carbocycles. The van der Waals surface area contributed by atoms with Gasteiger partial charge in [-0.15, -0.1) is 0 Å². The van der Waals surface area contributed by atoms with Gasteiger partial charge in [0.25, 0.3) is 15.9 Å². The molecule has 0 fully saturated rings. The molecule has 0 unspecified atom stereocenters. The van der Waals surface area contributed by atoms with Crippen LogP contribution in [0.4, 0.5) is 0 Å². The minimum atomic E-state index is -3.78. The summed E-state index contributed by atoms with van der Waals surface area (Å²) in [5.41, 5.74) is 1.14. The Balaban J connectivity index is 1.47. The Morgan fingerprint density at radius 1 is 1.11 bits per heavy atom. The summed E-state index contributed by atoms with van der Waals surface area (Å²) in [6.45, 7) is 0.0794. The lowest BCUT2D eigenvalue weighted by Crippen LogP contribution is -2.32. The first-order valence-corrected chi connectivity index (χ1v) is 10.9. The highest BCUT2D eigenvalue weighted by Gasteiger charge is 2.40. The van der Waals surface area contributed by atoms with Gasteiger partial charge in [0, 0.05) is 30.4 Å². The molecule has 0 radical (unpaired) electrons. The molecule has 2 aromatic carbocycles. The first-order chi connectivity index (χ1) is 13.5. The van der Waals surface area contributed by atoms with E-state index in [9.17, 15) is 13.2 Å². The molecule has 0 spiro atoms. The van der Waals surface area contributed by atoms with Gasteiger partial charge in [-0.2, -0.15) is 0 Å². The summed E-state index contributed by atoms with van der Waals surface area (Å²) >= 11 is 1.39. The molecule has 0 aliphatic carbocycles. The second-order valence-electron chi connectivity index (χ2n) is 6.00. The third-order valence-corrected chi connectivity index (χ3v) is 7.18. The highest BCUT2D eigenvalue weighted by Crippen LogP contribution is 2.30. The molecule has 2 heterocycles. The van der Waals surface area contributed by atoms with Gasteiger partial charge in [-0.25, -0.2) is 17.7 Å². The van der Waals surface area contributed by atoms with Gasteiger partial charge in [-0.3, -0.25) is 9.36 Å². The second kappa shape index (κ2) is 7.33. The molecule has 1 aliphatic heterocycles. The first-order valence-electron chi connectivity index (χ1n) is 8.49. The lowest BCUT2D eigenvalue weighted by Gasteiger charge is -2.15. The van der Waals surface area contributed by atoms with Gasteiger partial charge < -0.3 is 4.74 Å². The Labute approximate surface area is 167 Å². The molecule has 0 saturated heterocycles. The monoisotopic (exact) mass is 415 g/mol. The Morgan fingerprint density at radius 3 is 2.57 bits per heavy atom. The molecule has 1 aromatic heterocycles. The molecule has 0 bridgehead atoms. The van der Waals surface area contributed by atoms with Gasteiger partial charge in [-0.05, 0) is 36.4 Å². The Hall–Kier alpha value is -2.78. The van der Waals surface area contributed by atoms with E-state index >= 15 is 0 Å². The summed E-state index contributed by atoms with van der Waals surface area (Å²) in [5.74, 6) is 0.677. The van der Waals surface area contributed by atoms with Crippen LogP contribution in [-0.2, 0) is 10.0 Å². The zero-order valence-electron chi connectivity index (χ0n) is 15.0. The number of ether oxygens (including phenoxy) is 1. The van der Waals surface area contributed by atoms with Gasteiger partial charge in [0.05, 0.1) is 12.7 Å². The van der Waals surface area contributed by atoms with Crippen molar-refractivity contribution in [2.24, 2.45) is 0 Å². The smallest absolute Gasteiger partial charge is 0.269 e. The van der Waals surface area contributed by atoms with Crippen molar-refractivity contribution in [3.8, 4) is 11.4 Å². The number of amides is 1. The first kappa shape index (κ1) is 18.6. The fourth-order valence-corrected chi connectivity index (χ4v) is 5.59. The molecule has 1 aliphatic rings. The average molecular weight is 415 g/mol. The number of fused-ring (bicyclic) bond motifs is 1. The van der Waals surface area contributed by atoms with E-state index in [1.54, 1.807) is 31.5 Å². The molecular formula is C19H17N3O4S2. The van der Waals surface area contributed by atoms with Crippen LogP contribution in [0.1, 0.15) is 10.4 Å². The fraction of sp³-hybridized carbons (Fsp3) is 0.158. The summed E-state index contributed by atoms with van der Waals surface area (Å²) in [6.07, 6.45) is 3.51. The number of benzene rings is 2. The molecule has 0 N–H and O–H groups in total. The Morgan fingerprint density at radius 2 is 1.86 bits per heavy atom. The number of thioether (sulfide) groups is 1. The average Bonchev–Trinajstić information content (AvgIpc) is 3.25. The van der Waals surface area contributed by atoms with Crippen molar-refractivity contribution >= 4 is 27.7 Å². The summed E-state index contributed by atoms with van der Waals surface area (Å²) in [5, 5.41) is 0.715. The third-order valence-electron chi connectivity index (χ3n) is 4.39. The topological polar surface area (TPSA) is 81.5 Å². The van der Waals surface area contributed by atoms with E-state index in [1.807, 2.05) is 35.0 Å². The van der Waals surface area contributed by atoms with Gasteiger partial charge in [-0.1, -0.05) is 23.9 Å². The normalized spacial score (nSPS) is 14.9. The van der Waals surface area contributed by atoms with E-state index < -0.39 is 15.9 Å². The van der Waals surface area contributed by atoms with Crippen molar-refractivity contribution in [2.75, 3.05) is 19.4 Å². The number of carbonyl (C=O) groups is 1. The molecule has 28 heavy (non-hydrogen) atoms. The lowest BCUT2D eigenvalue weighted by molar-refractivity contribution is 0.0876. The molecule has 0 atom stereocenters. The van der Waals surface area contributed by atoms with Crippen LogP contribution in [0, 0.1) is 0 Å². The van der Waals surface area contributed by atoms with E-state index in [1.165, 1.54) is 17.8 Å². The molecule has 3 aromatic rings. The van der Waals surface area contributed by atoms with Crippen LogP contribution in [0.5, 0.6) is 5.75 Å². The SMILES string of the molecule is COc1ccc(-n2ccnc2SCCN2C(=O)c3ccccc3S2(=O)=O)cc1. The second-order valence-corrected chi connectivity index (χ2v) is 8.90.